The zero-order chi connectivity index (χ0) is 15.2. The van der Waals surface area contributed by atoms with E-state index in [1.165, 1.54) is 18.2 Å². The van der Waals surface area contributed by atoms with Crippen LogP contribution in [0, 0.1) is 10.1 Å². The molecule has 1 unspecified atom stereocenters. The minimum Gasteiger partial charge on any atom is -0.490 e. The number of likely N-dealkylation sites (N-methyl/N-ethyl adjacent to an activating group) is 1. The molecule has 0 saturated carbocycles. The number of benzene rings is 1. The molecule has 1 aromatic rings. The second kappa shape index (κ2) is 7.35. The average molecular weight is 296 g/mol. The highest BCUT2D eigenvalue weighted by atomic mass is 16.6. The molecule has 0 amide bonds. The summed E-state index contributed by atoms with van der Waals surface area (Å²) in [7, 11) is 0. The number of nitro groups is 1. The molecule has 0 bridgehead atoms. The lowest BCUT2D eigenvalue weighted by atomic mass is 10.2. The highest BCUT2D eigenvalue weighted by molar-refractivity contribution is 5.43. The second-order valence-electron chi connectivity index (χ2n) is 4.90. The molecule has 1 fully saturated rings. The van der Waals surface area contributed by atoms with Crippen molar-refractivity contribution in [2.45, 2.75) is 19.6 Å². The van der Waals surface area contributed by atoms with Gasteiger partial charge in [0.1, 0.15) is 18.5 Å². The number of hydrogen-bond acceptors (Lipinski definition) is 6. The summed E-state index contributed by atoms with van der Waals surface area (Å²) < 4.78 is 11.3. The van der Waals surface area contributed by atoms with E-state index in [4.69, 9.17) is 9.47 Å². The van der Waals surface area contributed by atoms with Crippen molar-refractivity contribution in [3.05, 3.63) is 33.9 Å². The fraction of sp³-hybridized carbons (Fsp3) is 0.571. The van der Waals surface area contributed by atoms with Crippen LogP contribution in [0.1, 0.15) is 12.5 Å². The summed E-state index contributed by atoms with van der Waals surface area (Å²) in [5.41, 5.74) is 0.352. The molecule has 7 nitrogen and oxygen atoms in total. The predicted molar refractivity (Wildman–Crippen MR) is 76.4 cm³/mol. The third-order valence-electron chi connectivity index (χ3n) is 3.52. The number of aliphatic hydroxyl groups is 1. The second-order valence-corrected chi connectivity index (χ2v) is 4.90. The molecule has 1 heterocycles. The van der Waals surface area contributed by atoms with E-state index in [1.54, 1.807) is 0 Å². The maximum atomic E-state index is 10.7. The third-order valence-corrected chi connectivity index (χ3v) is 3.52. The van der Waals surface area contributed by atoms with Crippen molar-refractivity contribution < 1.29 is 19.5 Å². The van der Waals surface area contributed by atoms with Crippen molar-refractivity contribution in [1.82, 2.24) is 4.90 Å². The Morgan fingerprint density at radius 2 is 2.38 bits per heavy atom. The number of aliphatic hydroxyl groups excluding tert-OH is 1. The van der Waals surface area contributed by atoms with Gasteiger partial charge in [-0.25, -0.2) is 0 Å². The summed E-state index contributed by atoms with van der Waals surface area (Å²) in [6.45, 7) is 5.53. The fourth-order valence-electron chi connectivity index (χ4n) is 2.29. The molecule has 1 aliphatic rings. The number of non-ortho nitro benzene ring substituents is 1. The minimum absolute atomic E-state index is 0.0274. The maximum Gasteiger partial charge on any atom is 0.270 e. The van der Waals surface area contributed by atoms with E-state index in [-0.39, 0.29) is 18.4 Å². The average Bonchev–Trinajstić information content (AvgIpc) is 2.52. The van der Waals surface area contributed by atoms with Gasteiger partial charge in [-0.1, -0.05) is 6.92 Å². The van der Waals surface area contributed by atoms with Crippen molar-refractivity contribution in [3.63, 3.8) is 0 Å². The highest BCUT2D eigenvalue weighted by Gasteiger charge is 2.20. The van der Waals surface area contributed by atoms with E-state index in [0.29, 0.717) is 24.5 Å². The first kappa shape index (κ1) is 15.7. The number of morpholine rings is 1. The van der Waals surface area contributed by atoms with Crippen LogP contribution in [-0.2, 0) is 11.3 Å². The molecular weight excluding hydrogens is 276 g/mol. The molecule has 1 aliphatic heterocycles. The number of ether oxygens (including phenoxy) is 2. The molecule has 21 heavy (non-hydrogen) atoms. The Labute approximate surface area is 123 Å². The van der Waals surface area contributed by atoms with E-state index in [1.807, 2.05) is 0 Å². The van der Waals surface area contributed by atoms with Gasteiger partial charge in [0, 0.05) is 30.8 Å². The van der Waals surface area contributed by atoms with Gasteiger partial charge in [0.05, 0.1) is 18.1 Å². The normalized spacial score (nSPS) is 19.4. The van der Waals surface area contributed by atoms with Crippen molar-refractivity contribution in [1.29, 1.82) is 0 Å². The quantitative estimate of drug-likeness (QED) is 0.627. The van der Waals surface area contributed by atoms with E-state index in [9.17, 15) is 15.2 Å². The zero-order valence-corrected chi connectivity index (χ0v) is 12.0. The van der Waals surface area contributed by atoms with Gasteiger partial charge in [-0.3, -0.25) is 15.0 Å². The first-order chi connectivity index (χ1) is 10.1. The summed E-state index contributed by atoms with van der Waals surface area (Å²) in [5, 5.41) is 20.0. The Hall–Kier alpha value is -1.70. The maximum absolute atomic E-state index is 10.7. The van der Waals surface area contributed by atoms with Gasteiger partial charge in [-0.05, 0) is 12.6 Å². The molecule has 0 spiro atoms. The number of hydrogen-bond donors (Lipinski definition) is 1. The number of nitrogens with zero attached hydrogens (tertiary/aromatic N) is 2. The lowest BCUT2D eigenvalue weighted by Crippen LogP contribution is -2.44. The fourth-order valence-corrected chi connectivity index (χ4v) is 2.29. The van der Waals surface area contributed by atoms with Crippen LogP contribution in [0.4, 0.5) is 5.69 Å². The van der Waals surface area contributed by atoms with Crippen molar-refractivity contribution in [2.75, 3.05) is 32.8 Å². The van der Waals surface area contributed by atoms with Gasteiger partial charge >= 0.3 is 0 Å². The van der Waals surface area contributed by atoms with Crippen LogP contribution in [0.3, 0.4) is 0 Å². The van der Waals surface area contributed by atoms with Crippen LogP contribution >= 0.6 is 0 Å². The van der Waals surface area contributed by atoms with Crippen molar-refractivity contribution in [2.24, 2.45) is 0 Å². The van der Waals surface area contributed by atoms with Gasteiger partial charge in [0.25, 0.3) is 5.69 Å². The molecular formula is C14H20N2O5. The summed E-state index contributed by atoms with van der Waals surface area (Å²) >= 11 is 0. The number of rotatable bonds is 6. The largest absolute Gasteiger partial charge is 0.490 e. The first-order valence-electron chi connectivity index (χ1n) is 6.99. The summed E-state index contributed by atoms with van der Waals surface area (Å²) in [5.74, 6) is 0.459. The van der Waals surface area contributed by atoms with Gasteiger partial charge in [-0.2, -0.15) is 0 Å². The van der Waals surface area contributed by atoms with Crippen molar-refractivity contribution >= 4 is 5.69 Å². The van der Waals surface area contributed by atoms with Gasteiger partial charge in [0.2, 0.25) is 0 Å². The first-order valence-corrected chi connectivity index (χ1v) is 6.99. The number of nitro benzene ring substituents is 1. The van der Waals surface area contributed by atoms with Gasteiger partial charge < -0.3 is 14.6 Å². The zero-order valence-electron chi connectivity index (χ0n) is 12.0. The van der Waals surface area contributed by atoms with Gasteiger partial charge in [-0.15, -0.1) is 0 Å². The molecule has 1 atom stereocenters. The molecule has 0 radical (unpaired) electrons. The molecule has 2 rings (SSSR count). The molecule has 116 valence electrons. The van der Waals surface area contributed by atoms with Crippen LogP contribution in [0.2, 0.25) is 0 Å². The van der Waals surface area contributed by atoms with E-state index in [2.05, 4.69) is 11.8 Å². The summed E-state index contributed by atoms with van der Waals surface area (Å²) in [4.78, 5) is 12.5. The molecule has 1 N–H and O–H groups in total. The minimum atomic E-state index is -0.494. The lowest BCUT2D eigenvalue weighted by molar-refractivity contribution is -0.385. The Balaban J connectivity index is 1.97. The molecule has 7 heteroatoms. The molecule has 0 aromatic heterocycles. The van der Waals surface area contributed by atoms with Crippen LogP contribution in [0.15, 0.2) is 18.2 Å². The Bertz CT molecular complexity index is 494. The van der Waals surface area contributed by atoms with E-state index < -0.39 is 4.92 Å². The summed E-state index contributed by atoms with van der Waals surface area (Å²) in [6, 6.07) is 4.22. The molecule has 1 saturated heterocycles. The predicted octanol–water partition coefficient (Wildman–Crippen LogP) is 1.19. The smallest absolute Gasteiger partial charge is 0.270 e. The Kier molecular flexibility index (Phi) is 5.49. The topological polar surface area (TPSA) is 85.1 Å². The van der Waals surface area contributed by atoms with Gasteiger partial charge in [0.15, 0.2) is 0 Å². The van der Waals surface area contributed by atoms with Crippen LogP contribution in [0.5, 0.6) is 5.75 Å². The summed E-state index contributed by atoms with van der Waals surface area (Å²) in [6.07, 6.45) is -0.0274. The van der Waals surface area contributed by atoms with Crippen LogP contribution < -0.4 is 4.74 Å². The monoisotopic (exact) mass is 296 g/mol. The van der Waals surface area contributed by atoms with Crippen LogP contribution in [0.25, 0.3) is 0 Å². The Morgan fingerprint density at radius 1 is 1.57 bits per heavy atom. The Morgan fingerprint density at radius 3 is 3.05 bits per heavy atom. The lowest BCUT2D eigenvalue weighted by Gasteiger charge is -2.31. The van der Waals surface area contributed by atoms with E-state index >= 15 is 0 Å². The molecule has 1 aromatic carbocycles. The van der Waals surface area contributed by atoms with Crippen LogP contribution in [-0.4, -0.2) is 53.9 Å². The molecule has 0 aliphatic carbocycles. The third kappa shape index (κ3) is 4.13. The highest BCUT2D eigenvalue weighted by Crippen LogP contribution is 2.24. The van der Waals surface area contributed by atoms with Crippen molar-refractivity contribution in [3.8, 4) is 5.75 Å². The standard InChI is InChI=1S/C14H20N2O5/c1-2-15-5-6-20-13(8-15)10-21-14-4-3-12(16(18)19)7-11(14)9-17/h3-4,7,13,17H,2,5-6,8-10H2,1H3. The van der Waals surface area contributed by atoms with E-state index in [0.717, 1.165) is 19.6 Å². The SMILES string of the molecule is CCN1CCOC(COc2ccc([N+](=O)[O-])cc2CO)C1.